The molecule has 0 radical (unpaired) electrons. The van der Waals surface area contributed by atoms with Gasteiger partial charge in [0.2, 0.25) is 0 Å². The smallest absolute Gasteiger partial charge is 0.137 e. The molecule has 0 nitrogen and oxygen atoms in total. The van der Waals surface area contributed by atoms with Gasteiger partial charge < -0.3 is 0 Å². The van der Waals surface area contributed by atoms with Crippen molar-refractivity contribution in [2.75, 3.05) is 0 Å². The normalized spacial score (nSPS) is 12.1. The van der Waals surface area contributed by atoms with Gasteiger partial charge in [0.05, 0.1) is 0 Å². The standard InChI is InChI=1S/C9H13FS/c1-6-5-7(10)8(11-6)9(2,3)4/h5H,1-4H3. The molecule has 1 aromatic rings. The monoisotopic (exact) mass is 172 g/mol. The third-order valence-electron chi connectivity index (χ3n) is 1.49. The summed E-state index contributed by atoms with van der Waals surface area (Å²) in [6, 6.07) is 1.60. The largest absolute Gasteiger partial charge is 0.206 e. The Morgan fingerprint density at radius 1 is 1.36 bits per heavy atom. The summed E-state index contributed by atoms with van der Waals surface area (Å²) in [7, 11) is 0. The lowest BCUT2D eigenvalue weighted by Crippen LogP contribution is -2.10. The Bertz CT molecular complexity index is 255. The molecule has 0 aliphatic carbocycles. The Kier molecular flexibility index (Phi) is 2.06. The van der Waals surface area contributed by atoms with Crippen molar-refractivity contribution in [1.82, 2.24) is 0 Å². The van der Waals surface area contributed by atoms with Crippen LogP contribution in [0.2, 0.25) is 0 Å². The quantitative estimate of drug-likeness (QED) is 0.562. The molecule has 0 aliphatic heterocycles. The van der Waals surface area contributed by atoms with Gasteiger partial charge in [-0.3, -0.25) is 0 Å². The summed E-state index contributed by atoms with van der Waals surface area (Å²) in [5.74, 6) is -0.0556. The fourth-order valence-corrected chi connectivity index (χ4v) is 1.94. The van der Waals surface area contributed by atoms with Gasteiger partial charge in [-0.05, 0) is 18.4 Å². The number of hydrogen-bond acceptors (Lipinski definition) is 1. The molecule has 0 atom stereocenters. The molecule has 0 aliphatic rings. The highest BCUT2D eigenvalue weighted by molar-refractivity contribution is 7.12. The predicted octanol–water partition coefficient (Wildman–Crippen LogP) is 3.49. The molecule has 0 saturated heterocycles. The maximum Gasteiger partial charge on any atom is 0.137 e. The Morgan fingerprint density at radius 3 is 2.09 bits per heavy atom. The van der Waals surface area contributed by atoms with Crippen LogP contribution in [0.25, 0.3) is 0 Å². The number of aryl methyl sites for hydroxylation is 1. The molecule has 0 saturated carbocycles. The van der Waals surface area contributed by atoms with Crippen molar-refractivity contribution in [3.8, 4) is 0 Å². The predicted molar refractivity (Wildman–Crippen MR) is 47.7 cm³/mol. The number of thiophene rings is 1. The van der Waals surface area contributed by atoms with Crippen LogP contribution in [0.4, 0.5) is 4.39 Å². The van der Waals surface area contributed by atoms with Crippen molar-refractivity contribution in [1.29, 1.82) is 0 Å². The van der Waals surface area contributed by atoms with E-state index in [1.165, 1.54) is 0 Å². The summed E-state index contributed by atoms with van der Waals surface area (Å²) in [4.78, 5) is 1.91. The number of halogens is 1. The van der Waals surface area contributed by atoms with Crippen molar-refractivity contribution in [3.05, 3.63) is 21.6 Å². The van der Waals surface area contributed by atoms with Crippen LogP contribution >= 0.6 is 11.3 Å². The van der Waals surface area contributed by atoms with Crippen molar-refractivity contribution in [2.24, 2.45) is 0 Å². The average molecular weight is 172 g/mol. The second-order valence-corrected chi connectivity index (χ2v) is 5.04. The molecular weight excluding hydrogens is 159 g/mol. The van der Waals surface area contributed by atoms with Crippen LogP contribution in [0.1, 0.15) is 30.5 Å². The maximum atomic E-state index is 13.1. The minimum atomic E-state index is -0.0556. The Hall–Kier alpha value is -0.370. The molecule has 1 heterocycles. The zero-order chi connectivity index (χ0) is 8.65. The zero-order valence-electron chi connectivity index (χ0n) is 7.36. The first-order chi connectivity index (χ1) is 4.91. The van der Waals surface area contributed by atoms with E-state index in [1.54, 1.807) is 17.4 Å². The van der Waals surface area contributed by atoms with Gasteiger partial charge in [-0.2, -0.15) is 0 Å². The molecule has 2 heteroatoms. The summed E-state index contributed by atoms with van der Waals surface area (Å²) in [5, 5.41) is 0. The van der Waals surface area contributed by atoms with Crippen molar-refractivity contribution >= 4 is 11.3 Å². The van der Waals surface area contributed by atoms with Crippen LogP contribution in [-0.4, -0.2) is 0 Å². The minimum Gasteiger partial charge on any atom is -0.206 e. The summed E-state index contributed by atoms with van der Waals surface area (Å²) in [5.41, 5.74) is -0.0526. The lowest BCUT2D eigenvalue weighted by molar-refractivity contribution is 0.538. The Balaban J connectivity index is 3.13. The summed E-state index contributed by atoms with van der Waals surface area (Å²) < 4.78 is 13.1. The van der Waals surface area contributed by atoms with Gasteiger partial charge in [-0.25, -0.2) is 4.39 Å². The van der Waals surface area contributed by atoms with E-state index in [1.807, 2.05) is 27.7 Å². The molecular formula is C9H13FS. The lowest BCUT2D eigenvalue weighted by atomic mass is 9.94. The highest BCUT2D eigenvalue weighted by atomic mass is 32.1. The summed E-state index contributed by atoms with van der Waals surface area (Å²) >= 11 is 1.55. The van der Waals surface area contributed by atoms with Crippen LogP contribution in [0.5, 0.6) is 0 Å². The van der Waals surface area contributed by atoms with Gasteiger partial charge in [-0.15, -0.1) is 11.3 Å². The molecule has 1 aromatic heterocycles. The second-order valence-electron chi connectivity index (χ2n) is 3.78. The number of hydrogen-bond donors (Lipinski definition) is 0. The van der Waals surface area contributed by atoms with Crippen LogP contribution < -0.4 is 0 Å². The molecule has 0 fully saturated rings. The first-order valence-electron chi connectivity index (χ1n) is 3.67. The van der Waals surface area contributed by atoms with Gasteiger partial charge >= 0.3 is 0 Å². The SMILES string of the molecule is Cc1cc(F)c(C(C)(C)C)s1. The zero-order valence-corrected chi connectivity index (χ0v) is 8.18. The lowest BCUT2D eigenvalue weighted by Gasteiger charge is -2.15. The molecule has 1 rings (SSSR count). The van der Waals surface area contributed by atoms with Gasteiger partial charge in [-0.1, -0.05) is 20.8 Å². The molecule has 0 bridgehead atoms. The summed E-state index contributed by atoms with van der Waals surface area (Å²) in [6.07, 6.45) is 0. The van der Waals surface area contributed by atoms with Crippen molar-refractivity contribution in [3.63, 3.8) is 0 Å². The van der Waals surface area contributed by atoms with Crippen LogP contribution in [0, 0.1) is 12.7 Å². The van der Waals surface area contributed by atoms with E-state index in [0.29, 0.717) is 0 Å². The van der Waals surface area contributed by atoms with E-state index < -0.39 is 0 Å². The number of rotatable bonds is 0. The molecule has 0 aromatic carbocycles. The van der Waals surface area contributed by atoms with Crippen LogP contribution in [0.3, 0.4) is 0 Å². The molecule has 0 spiro atoms. The first kappa shape index (κ1) is 8.72. The van der Waals surface area contributed by atoms with Gasteiger partial charge in [0.15, 0.2) is 0 Å². The van der Waals surface area contributed by atoms with Crippen LogP contribution in [-0.2, 0) is 5.41 Å². The van der Waals surface area contributed by atoms with E-state index in [2.05, 4.69) is 0 Å². The molecule has 11 heavy (non-hydrogen) atoms. The minimum absolute atomic E-state index is 0.0526. The fraction of sp³-hybridized carbons (Fsp3) is 0.556. The fourth-order valence-electron chi connectivity index (χ4n) is 0.995. The molecule has 62 valence electrons. The maximum absolute atomic E-state index is 13.1. The van der Waals surface area contributed by atoms with E-state index >= 15 is 0 Å². The average Bonchev–Trinajstić information content (AvgIpc) is 2.08. The second kappa shape index (κ2) is 2.59. The first-order valence-corrected chi connectivity index (χ1v) is 4.49. The third kappa shape index (κ3) is 1.80. The Morgan fingerprint density at radius 2 is 1.91 bits per heavy atom. The summed E-state index contributed by atoms with van der Waals surface area (Å²) in [6.45, 7) is 8.02. The van der Waals surface area contributed by atoms with Crippen LogP contribution in [0.15, 0.2) is 6.07 Å². The molecule has 0 N–H and O–H groups in total. The van der Waals surface area contributed by atoms with E-state index in [-0.39, 0.29) is 11.2 Å². The van der Waals surface area contributed by atoms with Gasteiger partial charge in [0.25, 0.3) is 0 Å². The van der Waals surface area contributed by atoms with Crippen molar-refractivity contribution in [2.45, 2.75) is 33.1 Å². The van der Waals surface area contributed by atoms with Gasteiger partial charge in [0.1, 0.15) is 5.82 Å². The molecule has 0 unspecified atom stereocenters. The molecule has 0 amide bonds. The highest BCUT2D eigenvalue weighted by Gasteiger charge is 2.20. The van der Waals surface area contributed by atoms with Crippen molar-refractivity contribution < 1.29 is 4.39 Å². The van der Waals surface area contributed by atoms with E-state index in [9.17, 15) is 4.39 Å². The van der Waals surface area contributed by atoms with Gasteiger partial charge in [0, 0.05) is 9.75 Å². The highest BCUT2D eigenvalue weighted by Crippen LogP contribution is 2.31. The Labute approximate surface area is 71.1 Å². The third-order valence-corrected chi connectivity index (χ3v) is 2.94. The van der Waals surface area contributed by atoms with E-state index in [0.717, 1.165) is 9.75 Å². The topological polar surface area (TPSA) is 0 Å². The van der Waals surface area contributed by atoms with E-state index in [4.69, 9.17) is 0 Å².